The Morgan fingerprint density at radius 3 is 3.12 bits per heavy atom. The Hall–Kier alpha value is -2.44. The summed E-state index contributed by atoms with van der Waals surface area (Å²) in [6.45, 7) is 1.42. The van der Waals surface area contributed by atoms with Crippen LogP contribution in [0.1, 0.15) is 21.5 Å². The summed E-state index contributed by atoms with van der Waals surface area (Å²) >= 11 is 1.48. The fourth-order valence-electron chi connectivity index (χ4n) is 2.94. The average molecular weight is 340 g/mol. The maximum absolute atomic E-state index is 13.0. The van der Waals surface area contributed by atoms with Gasteiger partial charge < -0.3 is 14.7 Å². The quantitative estimate of drug-likeness (QED) is 0.779. The third kappa shape index (κ3) is 2.64. The van der Waals surface area contributed by atoms with E-state index in [1.807, 2.05) is 36.4 Å². The van der Waals surface area contributed by atoms with Crippen LogP contribution in [0.15, 0.2) is 41.9 Å². The van der Waals surface area contributed by atoms with E-state index in [0.717, 1.165) is 27.1 Å². The van der Waals surface area contributed by atoms with Crippen LogP contribution in [0.2, 0.25) is 0 Å². The van der Waals surface area contributed by atoms with Crippen molar-refractivity contribution in [1.82, 2.24) is 9.88 Å². The molecule has 1 aliphatic heterocycles. The number of aromatic nitrogens is 1. The Morgan fingerprint density at radius 1 is 1.33 bits per heavy atom. The van der Waals surface area contributed by atoms with Gasteiger partial charge in [0.15, 0.2) is 0 Å². The maximum atomic E-state index is 13.0. The van der Waals surface area contributed by atoms with E-state index < -0.39 is 0 Å². The molecule has 3 aromatic rings. The predicted octanol–water partition coefficient (Wildman–Crippen LogP) is 2.82. The number of carbonyl (C=O) groups is 1. The van der Waals surface area contributed by atoms with Crippen LogP contribution in [-0.2, 0) is 13.2 Å². The molecule has 6 heteroatoms. The number of aliphatic hydroxyl groups is 1. The summed E-state index contributed by atoms with van der Waals surface area (Å²) in [5.74, 6) is 0.759. The van der Waals surface area contributed by atoms with Crippen molar-refractivity contribution >= 4 is 27.5 Å². The van der Waals surface area contributed by atoms with Crippen LogP contribution in [-0.4, -0.2) is 34.0 Å². The van der Waals surface area contributed by atoms with Gasteiger partial charge in [0, 0.05) is 12.1 Å². The summed E-state index contributed by atoms with van der Waals surface area (Å²) in [7, 11) is 0. The Morgan fingerprint density at radius 2 is 2.25 bits per heavy atom. The first-order chi connectivity index (χ1) is 11.8. The fourth-order valence-corrected chi connectivity index (χ4v) is 3.74. The number of hydrogen-bond donors (Lipinski definition) is 1. The molecule has 1 N–H and O–H groups in total. The first kappa shape index (κ1) is 15.1. The second kappa shape index (κ2) is 6.22. The van der Waals surface area contributed by atoms with E-state index in [9.17, 15) is 9.90 Å². The minimum absolute atomic E-state index is 0.0179. The Kier molecular flexibility index (Phi) is 3.92. The van der Waals surface area contributed by atoms with Crippen LogP contribution in [0, 0.1) is 0 Å². The van der Waals surface area contributed by atoms with Gasteiger partial charge in [-0.3, -0.25) is 4.79 Å². The van der Waals surface area contributed by atoms with E-state index in [4.69, 9.17) is 4.74 Å². The molecule has 1 amide bonds. The van der Waals surface area contributed by atoms with Gasteiger partial charge in [-0.2, -0.15) is 0 Å². The first-order valence-corrected chi connectivity index (χ1v) is 8.61. The molecule has 2 aromatic carbocycles. The predicted molar refractivity (Wildman–Crippen MR) is 92.2 cm³/mol. The van der Waals surface area contributed by atoms with Gasteiger partial charge >= 0.3 is 0 Å². The van der Waals surface area contributed by atoms with E-state index >= 15 is 0 Å². The number of hydrogen-bond acceptors (Lipinski definition) is 5. The van der Waals surface area contributed by atoms with Crippen LogP contribution in [0.5, 0.6) is 5.75 Å². The monoisotopic (exact) mass is 340 g/mol. The lowest BCUT2D eigenvalue weighted by Gasteiger charge is -2.20. The van der Waals surface area contributed by atoms with Gasteiger partial charge in [0.1, 0.15) is 12.4 Å². The summed E-state index contributed by atoms with van der Waals surface area (Å²) in [5, 5.41) is 9.33. The standard InChI is InChI=1S/C18H16N2O3S/c21-10-12-4-5-16-13(8-12)9-20(6-7-23-16)18(22)14-2-1-3-15-17(14)24-11-19-15/h1-5,8,11,21H,6-7,9-10H2. The zero-order chi connectivity index (χ0) is 16.5. The molecule has 5 nitrogen and oxygen atoms in total. The van der Waals surface area contributed by atoms with Crippen molar-refractivity contribution in [2.45, 2.75) is 13.2 Å². The number of nitrogens with zero attached hydrogens (tertiary/aromatic N) is 2. The van der Waals surface area contributed by atoms with Gasteiger partial charge in [-0.15, -0.1) is 11.3 Å². The van der Waals surface area contributed by atoms with Gasteiger partial charge in [0.05, 0.1) is 34.4 Å². The largest absolute Gasteiger partial charge is 0.491 e. The number of benzene rings is 2. The highest BCUT2D eigenvalue weighted by Crippen LogP contribution is 2.28. The lowest BCUT2D eigenvalue weighted by Crippen LogP contribution is -2.32. The van der Waals surface area contributed by atoms with Gasteiger partial charge in [-0.1, -0.05) is 12.1 Å². The van der Waals surface area contributed by atoms with Gasteiger partial charge in [-0.25, -0.2) is 4.98 Å². The van der Waals surface area contributed by atoms with Crippen LogP contribution in [0.25, 0.3) is 10.2 Å². The number of rotatable bonds is 2. The number of amides is 1. The van der Waals surface area contributed by atoms with Gasteiger partial charge in [-0.05, 0) is 29.8 Å². The van der Waals surface area contributed by atoms with Crippen molar-refractivity contribution in [1.29, 1.82) is 0 Å². The molecule has 0 atom stereocenters. The van der Waals surface area contributed by atoms with Crippen molar-refractivity contribution < 1.29 is 14.6 Å². The average Bonchev–Trinajstić information content (AvgIpc) is 2.99. The van der Waals surface area contributed by atoms with Gasteiger partial charge in [0.25, 0.3) is 5.91 Å². The lowest BCUT2D eigenvalue weighted by atomic mass is 10.1. The third-order valence-corrected chi connectivity index (χ3v) is 5.04. The minimum Gasteiger partial charge on any atom is -0.491 e. The first-order valence-electron chi connectivity index (χ1n) is 7.73. The topological polar surface area (TPSA) is 62.7 Å². The fraction of sp³-hybridized carbons (Fsp3) is 0.222. The molecule has 1 aromatic heterocycles. The molecular formula is C18H16N2O3S. The number of aliphatic hydroxyl groups excluding tert-OH is 1. The van der Waals surface area contributed by atoms with E-state index in [2.05, 4.69) is 4.98 Å². The highest BCUT2D eigenvalue weighted by Gasteiger charge is 2.23. The molecule has 0 aliphatic carbocycles. The number of fused-ring (bicyclic) bond motifs is 2. The molecule has 0 bridgehead atoms. The highest BCUT2D eigenvalue weighted by molar-refractivity contribution is 7.17. The highest BCUT2D eigenvalue weighted by atomic mass is 32.1. The zero-order valence-electron chi connectivity index (χ0n) is 12.9. The third-order valence-electron chi connectivity index (χ3n) is 4.16. The normalized spacial score (nSPS) is 14.1. The molecule has 0 radical (unpaired) electrons. The molecule has 0 fully saturated rings. The number of thiazole rings is 1. The van der Waals surface area contributed by atoms with Crippen molar-refractivity contribution in [2.75, 3.05) is 13.2 Å². The minimum atomic E-state index is -0.0264. The molecule has 0 unspecified atom stereocenters. The van der Waals surface area contributed by atoms with Crippen LogP contribution >= 0.6 is 11.3 Å². The molecule has 0 saturated heterocycles. The molecule has 0 saturated carbocycles. The summed E-state index contributed by atoms with van der Waals surface area (Å²) in [4.78, 5) is 19.1. The summed E-state index contributed by atoms with van der Waals surface area (Å²) in [5.41, 5.74) is 5.02. The summed E-state index contributed by atoms with van der Waals surface area (Å²) in [6, 6.07) is 11.2. The molecule has 24 heavy (non-hydrogen) atoms. The van der Waals surface area contributed by atoms with Crippen LogP contribution < -0.4 is 4.74 Å². The van der Waals surface area contributed by atoms with Crippen LogP contribution in [0.3, 0.4) is 0 Å². The summed E-state index contributed by atoms with van der Waals surface area (Å²) in [6.07, 6.45) is 0. The van der Waals surface area contributed by atoms with Crippen molar-refractivity contribution in [2.24, 2.45) is 0 Å². The SMILES string of the molecule is O=C(c1cccc2ncsc12)N1CCOc2ccc(CO)cc2C1. The van der Waals surface area contributed by atoms with Gasteiger partial charge in [0.2, 0.25) is 0 Å². The lowest BCUT2D eigenvalue weighted by molar-refractivity contribution is 0.0735. The number of carbonyl (C=O) groups excluding carboxylic acids is 1. The van der Waals surface area contributed by atoms with Crippen molar-refractivity contribution in [3.63, 3.8) is 0 Å². The molecule has 4 rings (SSSR count). The smallest absolute Gasteiger partial charge is 0.255 e. The second-order valence-electron chi connectivity index (χ2n) is 5.68. The van der Waals surface area contributed by atoms with Crippen LogP contribution in [0.4, 0.5) is 0 Å². The Bertz CT molecular complexity index is 906. The molecule has 122 valence electrons. The molecule has 0 spiro atoms. The van der Waals surface area contributed by atoms with E-state index in [1.54, 1.807) is 10.4 Å². The van der Waals surface area contributed by atoms with E-state index in [0.29, 0.717) is 25.3 Å². The molecule has 2 heterocycles. The zero-order valence-corrected chi connectivity index (χ0v) is 13.8. The van der Waals surface area contributed by atoms with E-state index in [-0.39, 0.29) is 12.5 Å². The second-order valence-corrected chi connectivity index (χ2v) is 6.54. The maximum Gasteiger partial charge on any atom is 0.255 e. The Labute approximate surface area is 143 Å². The van der Waals surface area contributed by atoms with Crippen molar-refractivity contribution in [3.05, 3.63) is 58.6 Å². The Balaban J connectivity index is 1.68. The molecular weight excluding hydrogens is 324 g/mol. The van der Waals surface area contributed by atoms with E-state index in [1.165, 1.54) is 11.3 Å². The summed E-state index contributed by atoms with van der Waals surface area (Å²) < 4.78 is 6.67. The number of ether oxygens (including phenoxy) is 1. The molecule has 1 aliphatic rings. The van der Waals surface area contributed by atoms with Crippen molar-refractivity contribution in [3.8, 4) is 5.75 Å².